The summed E-state index contributed by atoms with van der Waals surface area (Å²) in [6, 6.07) is 6.84. The van der Waals surface area contributed by atoms with Gasteiger partial charge in [-0.05, 0) is 30.5 Å². The molecule has 0 spiro atoms. The molecule has 0 aromatic heterocycles. The summed E-state index contributed by atoms with van der Waals surface area (Å²) in [6.45, 7) is 5.09. The van der Waals surface area contributed by atoms with Crippen molar-refractivity contribution in [2.45, 2.75) is 26.3 Å². The monoisotopic (exact) mass is 224 g/mol. The second-order valence-corrected chi connectivity index (χ2v) is 4.60. The second kappa shape index (κ2) is 5.85. The molecule has 0 bridgehead atoms. The molecule has 1 unspecified atom stereocenters. The molecule has 16 heavy (non-hydrogen) atoms. The normalized spacial score (nSPS) is 12.9. The summed E-state index contributed by atoms with van der Waals surface area (Å²) in [5, 5.41) is 0. The van der Waals surface area contributed by atoms with E-state index in [9.17, 15) is 4.39 Å². The lowest BCUT2D eigenvalue weighted by Gasteiger charge is -2.23. The van der Waals surface area contributed by atoms with Crippen molar-refractivity contribution in [2.24, 2.45) is 11.7 Å². The molecule has 2 nitrogen and oxygen atoms in total. The smallest absolute Gasteiger partial charge is 0.125 e. The first kappa shape index (κ1) is 13.0. The molecule has 1 atom stereocenters. The Morgan fingerprint density at radius 2 is 2.06 bits per heavy atom. The van der Waals surface area contributed by atoms with Gasteiger partial charge >= 0.3 is 0 Å². The van der Waals surface area contributed by atoms with Gasteiger partial charge in [-0.2, -0.15) is 0 Å². The molecule has 1 aromatic carbocycles. The topological polar surface area (TPSA) is 29.3 Å². The maximum Gasteiger partial charge on any atom is 0.125 e. The summed E-state index contributed by atoms with van der Waals surface area (Å²) in [7, 11) is 1.96. The molecule has 0 fully saturated rings. The van der Waals surface area contributed by atoms with E-state index in [-0.39, 0.29) is 11.9 Å². The number of nitrogens with zero attached hydrogens (tertiary/aromatic N) is 1. The van der Waals surface area contributed by atoms with E-state index in [4.69, 9.17) is 5.73 Å². The SMILES string of the molecule is CC(C)C(N)CCN(C)c1cccc(F)c1. The first-order chi connectivity index (χ1) is 7.50. The van der Waals surface area contributed by atoms with Crippen LogP contribution in [-0.4, -0.2) is 19.6 Å². The maximum atomic E-state index is 13.0. The van der Waals surface area contributed by atoms with Gasteiger partial charge in [0, 0.05) is 25.3 Å². The Labute approximate surface area is 97.3 Å². The lowest BCUT2D eigenvalue weighted by molar-refractivity contribution is 0.466. The summed E-state index contributed by atoms with van der Waals surface area (Å²) < 4.78 is 13.0. The zero-order chi connectivity index (χ0) is 12.1. The molecule has 0 amide bonds. The van der Waals surface area contributed by atoms with E-state index in [0.717, 1.165) is 18.7 Å². The van der Waals surface area contributed by atoms with Crippen LogP contribution in [0.3, 0.4) is 0 Å². The first-order valence-corrected chi connectivity index (χ1v) is 5.73. The van der Waals surface area contributed by atoms with Gasteiger partial charge in [-0.15, -0.1) is 0 Å². The number of hydrogen-bond donors (Lipinski definition) is 1. The molecule has 0 aliphatic carbocycles. The van der Waals surface area contributed by atoms with Crippen molar-refractivity contribution in [3.8, 4) is 0 Å². The van der Waals surface area contributed by atoms with Crippen LogP contribution in [0.25, 0.3) is 0 Å². The largest absolute Gasteiger partial charge is 0.374 e. The highest BCUT2D eigenvalue weighted by molar-refractivity contribution is 5.45. The van der Waals surface area contributed by atoms with E-state index >= 15 is 0 Å². The van der Waals surface area contributed by atoms with E-state index in [1.54, 1.807) is 12.1 Å². The predicted molar refractivity (Wildman–Crippen MR) is 67.1 cm³/mol. The van der Waals surface area contributed by atoms with Gasteiger partial charge in [-0.1, -0.05) is 19.9 Å². The number of anilines is 1. The van der Waals surface area contributed by atoms with Gasteiger partial charge in [0.2, 0.25) is 0 Å². The van der Waals surface area contributed by atoms with Crippen molar-refractivity contribution in [1.29, 1.82) is 0 Å². The van der Waals surface area contributed by atoms with Crippen LogP contribution in [0.5, 0.6) is 0 Å². The fraction of sp³-hybridized carbons (Fsp3) is 0.538. The summed E-state index contributed by atoms with van der Waals surface area (Å²) in [5.74, 6) is 0.290. The van der Waals surface area contributed by atoms with Crippen molar-refractivity contribution in [3.63, 3.8) is 0 Å². The van der Waals surface area contributed by atoms with Crippen LogP contribution in [0.2, 0.25) is 0 Å². The van der Waals surface area contributed by atoms with Gasteiger partial charge in [-0.25, -0.2) is 4.39 Å². The molecule has 0 saturated carbocycles. The third kappa shape index (κ3) is 3.81. The van der Waals surface area contributed by atoms with Gasteiger partial charge in [0.25, 0.3) is 0 Å². The molecule has 3 heteroatoms. The summed E-state index contributed by atoms with van der Waals surface area (Å²) in [6.07, 6.45) is 0.921. The second-order valence-electron chi connectivity index (χ2n) is 4.60. The van der Waals surface area contributed by atoms with Gasteiger partial charge in [0.1, 0.15) is 5.82 Å². The Hall–Kier alpha value is -1.09. The van der Waals surface area contributed by atoms with Crippen LogP contribution in [-0.2, 0) is 0 Å². The fourth-order valence-electron chi connectivity index (χ4n) is 1.52. The molecule has 1 aromatic rings. The number of hydrogen-bond acceptors (Lipinski definition) is 2. The average Bonchev–Trinajstić information content (AvgIpc) is 2.25. The molecule has 0 radical (unpaired) electrons. The minimum atomic E-state index is -0.197. The summed E-state index contributed by atoms with van der Waals surface area (Å²) >= 11 is 0. The molecule has 2 N–H and O–H groups in total. The van der Waals surface area contributed by atoms with Crippen LogP contribution in [0.4, 0.5) is 10.1 Å². The lowest BCUT2D eigenvalue weighted by atomic mass is 10.0. The number of benzene rings is 1. The highest BCUT2D eigenvalue weighted by Gasteiger charge is 2.09. The van der Waals surface area contributed by atoms with Crippen LogP contribution in [0, 0.1) is 11.7 Å². The van der Waals surface area contributed by atoms with Gasteiger partial charge in [-0.3, -0.25) is 0 Å². The quantitative estimate of drug-likeness (QED) is 0.833. The average molecular weight is 224 g/mol. The number of halogens is 1. The van der Waals surface area contributed by atoms with Crippen molar-refractivity contribution >= 4 is 5.69 Å². The van der Waals surface area contributed by atoms with Gasteiger partial charge < -0.3 is 10.6 Å². The zero-order valence-corrected chi connectivity index (χ0v) is 10.3. The highest BCUT2D eigenvalue weighted by Crippen LogP contribution is 2.15. The number of nitrogens with two attached hydrogens (primary N) is 1. The molecular formula is C13H21FN2. The number of rotatable bonds is 5. The molecule has 0 aliphatic rings. The predicted octanol–water partition coefficient (Wildman–Crippen LogP) is 2.64. The molecular weight excluding hydrogens is 203 g/mol. The van der Waals surface area contributed by atoms with Crippen LogP contribution in [0.1, 0.15) is 20.3 Å². The van der Waals surface area contributed by atoms with Crippen molar-refractivity contribution in [1.82, 2.24) is 0 Å². The zero-order valence-electron chi connectivity index (χ0n) is 10.3. The lowest BCUT2D eigenvalue weighted by Crippen LogP contribution is -2.31. The van der Waals surface area contributed by atoms with Crippen LogP contribution >= 0.6 is 0 Å². The first-order valence-electron chi connectivity index (χ1n) is 5.73. The Morgan fingerprint density at radius 3 is 2.62 bits per heavy atom. The van der Waals surface area contributed by atoms with Gasteiger partial charge in [0.05, 0.1) is 0 Å². The van der Waals surface area contributed by atoms with E-state index in [1.165, 1.54) is 6.07 Å². The highest BCUT2D eigenvalue weighted by atomic mass is 19.1. The molecule has 0 saturated heterocycles. The molecule has 1 rings (SSSR count). The molecule has 0 heterocycles. The third-order valence-electron chi connectivity index (χ3n) is 2.90. The minimum Gasteiger partial charge on any atom is -0.374 e. The molecule has 0 aliphatic heterocycles. The Bertz CT molecular complexity index is 325. The van der Waals surface area contributed by atoms with Crippen molar-refractivity contribution in [2.75, 3.05) is 18.5 Å². The van der Waals surface area contributed by atoms with E-state index < -0.39 is 0 Å². The minimum absolute atomic E-state index is 0.197. The van der Waals surface area contributed by atoms with Crippen LogP contribution < -0.4 is 10.6 Å². The van der Waals surface area contributed by atoms with Crippen LogP contribution in [0.15, 0.2) is 24.3 Å². The van der Waals surface area contributed by atoms with E-state index in [0.29, 0.717) is 5.92 Å². The van der Waals surface area contributed by atoms with Gasteiger partial charge in [0.15, 0.2) is 0 Å². The summed E-state index contributed by atoms with van der Waals surface area (Å²) in [5.41, 5.74) is 6.87. The summed E-state index contributed by atoms with van der Waals surface area (Å²) in [4.78, 5) is 2.03. The fourth-order valence-corrected chi connectivity index (χ4v) is 1.52. The molecule has 90 valence electrons. The standard InChI is InChI=1S/C13H21FN2/c1-10(2)13(15)7-8-16(3)12-6-4-5-11(14)9-12/h4-6,9-10,13H,7-8,15H2,1-3H3. The third-order valence-corrected chi connectivity index (χ3v) is 2.90. The van der Waals surface area contributed by atoms with E-state index in [1.807, 2.05) is 18.0 Å². The maximum absolute atomic E-state index is 13.0. The van der Waals surface area contributed by atoms with Crippen molar-refractivity contribution in [3.05, 3.63) is 30.1 Å². The Kier molecular flexibility index (Phi) is 4.74. The van der Waals surface area contributed by atoms with E-state index in [2.05, 4.69) is 13.8 Å². The Balaban J connectivity index is 2.49. The Morgan fingerprint density at radius 1 is 1.38 bits per heavy atom. The van der Waals surface area contributed by atoms with Crippen molar-refractivity contribution < 1.29 is 4.39 Å².